The fraction of sp³-hybridized carbons (Fsp3) is 0.600. The number of halogens is 1. The summed E-state index contributed by atoms with van der Waals surface area (Å²) in [6.07, 6.45) is 5.51. The van der Waals surface area contributed by atoms with Crippen molar-refractivity contribution < 1.29 is 41.4 Å². The summed E-state index contributed by atoms with van der Waals surface area (Å²) in [5.74, 6) is -0.824. The number of carbonyl (C=O) groups is 1. The molecule has 3 aromatic rings. The Morgan fingerprint density at radius 1 is 1.20 bits per heavy atom. The van der Waals surface area contributed by atoms with Crippen molar-refractivity contribution in [3.63, 3.8) is 0 Å². The van der Waals surface area contributed by atoms with E-state index in [0.29, 0.717) is 12.8 Å². The molecule has 17 nitrogen and oxygen atoms in total. The number of carbonyl (C=O) groups excluding carboxylic acids is 1. The summed E-state index contributed by atoms with van der Waals surface area (Å²) < 4.78 is 64.7. The van der Waals surface area contributed by atoms with Gasteiger partial charge in [0.15, 0.2) is 17.0 Å². The number of ether oxygens (including phenoxy) is 2. The average molecular weight is 802 g/mol. The lowest BCUT2D eigenvalue weighted by Crippen LogP contribution is -2.57. The van der Waals surface area contributed by atoms with E-state index in [0.717, 1.165) is 54.3 Å². The van der Waals surface area contributed by atoms with E-state index in [9.17, 15) is 22.9 Å². The molecule has 2 aromatic heterocycles. The summed E-state index contributed by atoms with van der Waals surface area (Å²) in [4.78, 5) is 28.7. The molecular weight excluding hydrogens is 759 g/mol. The molecule has 6 rings (SSSR count). The summed E-state index contributed by atoms with van der Waals surface area (Å²) >= 11 is 3.38. The van der Waals surface area contributed by atoms with Crippen molar-refractivity contribution in [1.29, 1.82) is 0 Å². The second kappa shape index (κ2) is 14.6. The fourth-order valence-electron chi connectivity index (χ4n) is 6.47. The van der Waals surface area contributed by atoms with Gasteiger partial charge in [-0.2, -0.15) is 15.1 Å². The van der Waals surface area contributed by atoms with Gasteiger partial charge >= 0.3 is 13.7 Å². The van der Waals surface area contributed by atoms with Gasteiger partial charge in [-0.05, 0) is 69.2 Å². The van der Waals surface area contributed by atoms with Gasteiger partial charge < -0.3 is 24.8 Å². The van der Waals surface area contributed by atoms with Gasteiger partial charge in [0.05, 0.1) is 25.3 Å². The number of aliphatic hydroxyl groups is 1. The Morgan fingerprint density at radius 2 is 1.90 bits per heavy atom. The Hall–Kier alpha value is -2.90. The number of nitrogens with two attached hydrogens (primary N) is 1. The minimum atomic E-state index is -4.28. The van der Waals surface area contributed by atoms with Crippen LogP contribution < -0.4 is 25.2 Å². The van der Waals surface area contributed by atoms with E-state index in [4.69, 9.17) is 24.3 Å². The van der Waals surface area contributed by atoms with Crippen LogP contribution in [0.3, 0.4) is 0 Å². The predicted molar refractivity (Wildman–Crippen MR) is 186 cm³/mol. The summed E-state index contributed by atoms with van der Waals surface area (Å²) in [5, 5.41) is 15.4. The lowest BCUT2D eigenvalue weighted by molar-refractivity contribution is -0.162. The minimum Gasteiger partial charge on any atom is -0.461 e. The Balaban J connectivity index is 1.22. The van der Waals surface area contributed by atoms with Crippen LogP contribution in [0.5, 0.6) is 5.75 Å². The molecule has 1 aliphatic heterocycles. The molecular formula is C30H42BrN8O9PS. The lowest BCUT2D eigenvalue weighted by atomic mass is 9.77. The van der Waals surface area contributed by atoms with Crippen LogP contribution in [0.2, 0.25) is 0 Å². The smallest absolute Gasteiger partial charge is 0.459 e. The van der Waals surface area contributed by atoms with Crippen LogP contribution in [-0.2, 0) is 33.4 Å². The molecule has 0 bridgehead atoms. The van der Waals surface area contributed by atoms with Crippen LogP contribution in [0.1, 0.15) is 64.5 Å². The van der Waals surface area contributed by atoms with E-state index in [1.807, 2.05) is 0 Å². The van der Waals surface area contributed by atoms with E-state index in [-0.39, 0.29) is 41.4 Å². The maximum absolute atomic E-state index is 14.5. The number of sulfonamides is 1. The number of fused-ring (bicyclic) bond motifs is 1. The molecule has 0 radical (unpaired) electrons. The molecule has 274 valence electrons. The zero-order valence-electron chi connectivity index (χ0n) is 27.9. The second-order valence-corrected chi connectivity index (χ2v) is 17.4. The molecule has 2 saturated carbocycles. The number of hydrazine groups is 1. The SMILES string of the molecule is C[C@@H]1C(n2cnc3c(N(C)NS(C)(=O)=O)nc(N)nc32)OC(COP(=O)(NC2(C(=O)OC3CCCCC3)CCC2)Oc2ccc(Br)cc2)[C@H]1O. The van der Waals surface area contributed by atoms with Crippen molar-refractivity contribution in [3.05, 3.63) is 35.1 Å². The van der Waals surface area contributed by atoms with Gasteiger partial charge in [-0.3, -0.25) is 18.9 Å². The Labute approximate surface area is 298 Å². The van der Waals surface area contributed by atoms with Crippen LogP contribution >= 0.6 is 23.7 Å². The van der Waals surface area contributed by atoms with Gasteiger partial charge in [-0.15, -0.1) is 4.83 Å². The number of hydrogen-bond acceptors (Lipinski definition) is 14. The van der Waals surface area contributed by atoms with Gasteiger partial charge in [0.25, 0.3) is 0 Å². The van der Waals surface area contributed by atoms with Crippen molar-refractivity contribution in [2.75, 3.05) is 30.7 Å². The Bertz CT molecular complexity index is 1860. The van der Waals surface area contributed by atoms with E-state index in [1.165, 1.54) is 13.4 Å². The van der Waals surface area contributed by atoms with E-state index < -0.39 is 53.6 Å². The van der Waals surface area contributed by atoms with E-state index >= 15 is 0 Å². The largest absolute Gasteiger partial charge is 0.461 e. The predicted octanol–water partition coefficient (Wildman–Crippen LogP) is 3.56. The average Bonchev–Trinajstić information content (AvgIpc) is 3.58. The number of nitrogen functional groups attached to an aromatic ring is 1. The summed E-state index contributed by atoms with van der Waals surface area (Å²) in [6.45, 7) is 1.39. The van der Waals surface area contributed by atoms with Gasteiger partial charge in [0.2, 0.25) is 16.0 Å². The monoisotopic (exact) mass is 800 g/mol. The molecule has 0 amide bonds. The number of aliphatic hydroxyl groups excluding tert-OH is 1. The number of aromatic nitrogens is 4. The molecule has 1 saturated heterocycles. The topological polar surface area (TPSA) is 222 Å². The number of esters is 1. The molecule has 3 aliphatic rings. The molecule has 2 aliphatic carbocycles. The molecule has 0 spiro atoms. The Morgan fingerprint density at radius 3 is 2.54 bits per heavy atom. The second-order valence-electron chi connectivity index (χ2n) is 13.1. The van der Waals surface area contributed by atoms with Crippen LogP contribution in [0.15, 0.2) is 35.1 Å². The highest BCUT2D eigenvalue weighted by atomic mass is 79.9. The number of imidazole rings is 1. The molecule has 1 aromatic carbocycles. The van der Waals surface area contributed by atoms with Crippen LogP contribution in [-0.4, -0.2) is 82.8 Å². The van der Waals surface area contributed by atoms with Crippen molar-refractivity contribution in [2.24, 2.45) is 5.92 Å². The highest BCUT2D eigenvalue weighted by molar-refractivity contribution is 9.10. The number of rotatable bonds is 13. The molecule has 3 unspecified atom stereocenters. The summed E-state index contributed by atoms with van der Waals surface area (Å²) in [7, 11) is -6.49. The quantitative estimate of drug-likeness (QED) is 0.110. The highest BCUT2D eigenvalue weighted by Crippen LogP contribution is 2.51. The van der Waals surface area contributed by atoms with Crippen LogP contribution in [0.25, 0.3) is 11.2 Å². The molecule has 3 fully saturated rings. The van der Waals surface area contributed by atoms with E-state index in [1.54, 1.807) is 35.8 Å². The third kappa shape index (κ3) is 8.09. The Kier molecular flexibility index (Phi) is 10.8. The van der Waals surface area contributed by atoms with Crippen LogP contribution in [0.4, 0.5) is 11.8 Å². The van der Waals surface area contributed by atoms with Crippen molar-refractivity contribution >= 4 is 62.6 Å². The minimum absolute atomic E-state index is 0.104. The van der Waals surface area contributed by atoms with E-state index in [2.05, 4.69) is 40.8 Å². The summed E-state index contributed by atoms with van der Waals surface area (Å²) in [5.41, 5.74) is 5.19. The van der Waals surface area contributed by atoms with Crippen molar-refractivity contribution in [2.45, 2.75) is 88.4 Å². The third-order valence-electron chi connectivity index (χ3n) is 9.22. The van der Waals surface area contributed by atoms with Gasteiger partial charge in [-0.1, -0.05) is 29.3 Å². The van der Waals surface area contributed by atoms with Gasteiger partial charge in [-0.25, -0.2) is 18.0 Å². The molecule has 5 N–H and O–H groups in total. The third-order valence-corrected chi connectivity index (χ3v) is 12.0. The first-order chi connectivity index (χ1) is 23.7. The summed E-state index contributed by atoms with van der Waals surface area (Å²) in [6, 6.07) is 6.67. The normalized spacial score (nSPS) is 25.1. The van der Waals surface area contributed by atoms with Crippen LogP contribution in [0, 0.1) is 5.92 Å². The number of nitrogens with zero attached hydrogens (tertiary/aromatic N) is 5. The first-order valence-electron chi connectivity index (χ1n) is 16.4. The van der Waals surface area contributed by atoms with Gasteiger partial charge in [0.1, 0.15) is 29.7 Å². The standard InChI is InChI=1S/C30H42BrN8O9PS/c1-18-24(40)22(47-27(18)39-17-33-23-25(34-29(32)35-26(23)39)38(2)37-50(3,43)44)16-45-49(42,48-21-12-10-19(31)11-13-21)36-30(14-7-15-30)28(41)46-20-8-5-4-6-9-20/h10-13,17-18,20,22,24,27,37,40H,4-9,14-16H2,1-3H3,(H,36,42)(H2,32,34,35)/t18-,22?,24-,27?,49?/m0/s1. The fourth-order valence-corrected chi connectivity index (χ4v) is 9.06. The maximum atomic E-state index is 14.5. The molecule has 50 heavy (non-hydrogen) atoms. The zero-order chi connectivity index (χ0) is 35.8. The lowest BCUT2D eigenvalue weighted by Gasteiger charge is -2.42. The van der Waals surface area contributed by atoms with Crippen molar-refractivity contribution in [1.82, 2.24) is 29.4 Å². The number of nitrogens with one attached hydrogen (secondary N) is 2. The maximum Gasteiger partial charge on any atom is 0.459 e. The van der Waals surface area contributed by atoms with Gasteiger partial charge in [0, 0.05) is 17.4 Å². The first kappa shape index (κ1) is 36.9. The zero-order valence-corrected chi connectivity index (χ0v) is 31.2. The number of hydrogen-bond donors (Lipinski definition) is 4. The molecule has 5 atom stereocenters. The molecule has 20 heteroatoms. The van der Waals surface area contributed by atoms with Crippen molar-refractivity contribution in [3.8, 4) is 5.75 Å². The first-order valence-corrected chi connectivity index (χ1v) is 20.6. The highest BCUT2D eigenvalue weighted by Gasteiger charge is 2.53. The molecule has 3 heterocycles. The number of benzene rings is 1. The number of anilines is 2.